The molecule has 2 N–H and O–H groups in total. The largest absolute Gasteiger partial charge is 0.478 e. The van der Waals surface area contributed by atoms with Gasteiger partial charge in [-0.25, -0.2) is 18.6 Å². The number of benzene rings is 1. The summed E-state index contributed by atoms with van der Waals surface area (Å²) >= 11 is 5.86. The number of hydrogen-bond donors (Lipinski definition) is 2. The van der Waals surface area contributed by atoms with Gasteiger partial charge in [-0.05, 0) is 18.2 Å². The van der Waals surface area contributed by atoms with Crippen LogP contribution >= 0.6 is 11.6 Å². The van der Waals surface area contributed by atoms with Crippen LogP contribution in [0.25, 0.3) is 11.3 Å². The number of alkyl halides is 5. The number of aromatic nitrogens is 4. The van der Waals surface area contributed by atoms with E-state index in [-0.39, 0.29) is 27.8 Å². The van der Waals surface area contributed by atoms with Crippen molar-refractivity contribution in [1.29, 1.82) is 0 Å². The molecule has 33 heavy (non-hydrogen) atoms. The predicted molar refractivity (Wildman–Crippen MR) is 104 cm³/mol. The molecule has 0 aliphatic heterocycles. The van der Waals surface area contributed by atoms with Crippen molar-refractivity contribution in [2.24, 2.45) is 7.05 Å². The molecule has 4 rings (SSSR count). The average Bonchev–Trinajstić information content (AvgIpc) is 3.04. The number of carbonyl (C=O) groups excluding carboxylic acids is 1. The third-order valence-corrected chi connectivity index (χ3v) is 5.35. The summed E-state index contributed by atoms with van der Waals surface area (Å²) in [6.07, 6.45) is -3.69. The van der Waals surface area contributed by atoms with Gasteiger partial charge >= 0.3 is 12.1 Å². The van der Waals surface area contributed by atoms with Crippen molar-refractivity contribution < 1.29 is 36.6 Å². The molecule has 2 aromatic heterocycles. The minimum atomic E-state index is -4.93. The van der Waals surface area contributed by atoms with Gasteiger partial charge in [-0.1, -0.05) is 11.6 Å². The van der Waals surface area contributed by atoms with Gasteiger partial charge in [-0.2, -0.15) is 18.3 Å². The lowest BCUT2D eigenvalue weighted by Crippen LogP contribution is -2.17. The van der Waals surface area contributed by atoms with E-state index in [4.69, 9.17) is 16.7 Å². The third-order valence-electron chi connectivity index (χ3n) is 5.04. The van der Waals surface area contributed by atoms with Gasteiger partial charge in [0, 0.05) is 25.4 Å². The number of nitrogens with zero attached hydrogens (tertiary/aromatic N) is 4. The molecule has 1 aliphatic carbocycles. The highest BCUT2D eigenvalue weighted by atomic mass is 35.5. The summed E-state index contributed by atoms with van der Waals surface area (Å²) in [4.78, 5) is 27.5. The fraction of sp³-hybridized carbons (Fsp3) is 0.263. The Hall–Kier alpha value is -3.48. The van der Waals surface area contributed by atoms with Gasteiger partial charge in [-0.15, -0.1) is 0 Å². The van der Waals surface area contributed by atoms with E-state index in [1.165, 1.54) is 25.2 Å². The molecule has 0 bridgehead atoms. The van der Waals surface area contributed by atoms with Crippen LogP contribution in [0.4, 0.5) is 27.6 Å². The van der Waals surface area contributed by atoms with Crippen molar-refractivity contribution in [1.82, 2.24) is 19.3 Å². The first-order valence-corrected chi connectivity index (χ1v) is 9.58. The van der Waals surface area contributed by atoms with E-state index < -0.39 is 47.7 Å². The molecule has 1 aromatic carbocycles. The number of carbonyl (C=O) groups is 2. The normalized spacial score (nSPS) is 17.1. The molecular formula is C19H13ClF5N5O3. The zero-order valence-electron chi connectivity index (χ0n) is 16.5. The first kappa shape index (κ1) is 22.7. The highest BCUT2D eigenvalue weighted by Gasteiger charge is 2.59. The Morgan fingerprint density at radius 1 is 1.30 bits per heavy atom. The lowest BCUT2D eigenvalue weighted by atomic mass is 10.2. The molecule has 8 nitrogen and oxygen atoms in total. The van der Waals surface area contributed by atoms with Gasteiger partial charge in [0.05, 0.1) is 28.0 Å². The number of amides is 1. The van der Waals surface area contributed by atoms with Crippen LogP contribution < -0.4 is 5.32 Å². The van der Waals surface area contributed by atoms with Crippen LogP contribution in [-0.4, -0.2) is 42.2 Å². The van der Waals surface area contributed by atoms with Crippen LogP contribution in [0, 0.1) is 0 Å². The Labute approximate surface area is 186 Å². The van der Waals surface area contributed by atoms with E-state index in [0.717, 1.165) is 17.0 Å². The fourth-order valence-corrected chi connectivity index (χ4v) is 3.52. The van der Waals surface area contributed by atoms with E-state index in [0.29, 0.717) is 4.68 Å². The smallest absolute Gasteiger partial charge is 0.435 e. The quantitative estimate of drug-likeness (QED) is 0.514. The third kappa shape index (κ3) is 4.15. The maximum Gasteiger partial charge on any atom is 0.435 e. The van der Waals surface area contributed by atoms with E-state index in [9.17, 15) is 31.5 Å². The first-order chi connectivity index (χ1) is 15.3. The number of rotatable bonds is 5. The number of aromatic carboxylic acids is 1. The van der Waals surface area contributed by atoms with E-state index >= 15 is 0 Å². The second-order valence-electron chi connectivity index (χ2n) is 7.33. The topological polar surface area (TPSA) is 102 Å². The van der Waals surface area contributed by atoms with Crippen LogP contribution in [0.5, 0.6) is 0 Å². The predicted octanol–water partition coefficient (Wildman–Crippen LogP) is 4.49. The molecule has 0 unspecified atom stereocenters. The monoisotopic (exact) mass is 489 g/mol. The Balaban J connectivity index is 1.65. The molecule has 0 spiro atoms. The van der Waals surface area contributed by atoms with E-state index in [2.05, 4.69) is 15.4 Å². The van der Waals surface area contributed by atoms with Crippen LogP contribution in [0.2, 0.25) is 5.02 Å². The molecular weight excluding hydrogens is 477 g/mol. The number of hydrogen-bond acceptors (Lipinski definition) is 4. The van der Waals surface area contributed by atoms with Gasteiger partial charge in [0.1, 0.15) is 6.04 Å². The molecule has 1 saturated carbocycles. The molecule has 174 valence electrons. The van der Waals surface area contributed by atoms with Crippen LogP contribution in [0.15, 0.2) is 30.6 Å². The van der Waals surface area contributed by atoms with Crippen LogP contribution in [0.1, 0.15) is 39.1 Å². The molecule has 0 saturated heterocycles. The Bertz CT molecular complexity index is 1280. The van der Waals surface area contributed by atoms with E-state index in [1.54, 1.807) is 0 Å². The fourth-order valence-electron chi connectivity index (χ4n) is 3.26. The minimum Gasteiger partial charge on any atom is -0.478 e. The number of nitrogens with one attached hydrogen (secondary N) is 1. The summed E-state index contributed by atoms with van der Waals surface area (Å²) in [5.74, 6) is -5.52. The summed E-state index contributed by atoms with van der Waals surface area (Å²) in [5, 5.41) is 14.6. The number of carboxylic acid groups (broad SMARTS) is 1. The van der Waals surface area contributed by atoms with Crippen molar-refractivity contribution >= 4 is 29.2 Å². The average molecular weight is 490 g/mol. The Morgan fingerprint density at radius 2 is 1.97 bits per heavy atom. The molecule has 1 amide bonds. The van der Waals surface area contributed by atoms with Crippen molar-refractivity contribution in [3.8, 4) is 11.3 Å². The highest BCUT2D eigenvalue weighted by molar-refractivity contribution is 6.33. The van der Waals surface area contributed by atoms with Gasteiger partial charge < -0.3 is 15.0 Å². The standard InChI is InChI=1S/C19H13ClF5N5O3/c1-29-12(10-7-30(13-5-18(13,21)22)28-14(10)19(23,24)25)6-26-15(29)16(31)27-8-2-3-9(17(32)33)11(20)4-8/h2-4,6-7,13H,5H2,1H3,(H,27,31)(H,32,33)/t13-/m0/s1. The Kier molecular flexibility index (Phi) is 5.19. The zero-order chi connectivity index (χ0) is 24.3. The number of halogens is 6. The Morgan fingerprint density at radius 3 is 2.52 bits per heavy atom. The number of carboxylic acids is 1. The molecule has 1 atom stereocenters. The van der Waals surface area contributed by atoms with Gasteiger partial charge in [0.2, 0.25) is 0 Å². The number of imidazole rings is 1. The molecule has 0 radical (unpaired) electrons. The maximum absolute atomic E-state index is 13.5. The molecule has 3 aromatic rings. The zero-order valence-corrected chi connectivity index (χ0v) is 17.2. The van der Waals surface area contributed by atoms with Gasteiger partial charge in [0.25, 0.3) is 11.8 Å². The van der Waals surface area contributed by atoms with E-state index in [1.807, 2.05) is 0 Å². The van der Waals surface area contributed by atoms with Crippen molar-refractivity contribution in [2.75, 3.05) is 5.32 Å². The summed E-state index contributed by atoms with van der Waals surface area (Å²) < 4.78 is 68.9. The van der Waals surface area contributed by atoms with Crippen LogP contribution in [0.3, 0.4) is 0 Å². The lowest BCUT2D eigenvalue weighted by Gasteiger charge is -2.09. The van der Waals surface area contributed by atoms with Crippen molar-refractivity contribution in [3.63, 3.8) is 0 Å². The second kappa shape index (κ2) is 7.54. The van der Waals surface area contributed by atoms with Crippen LogP contribution in [-0.2, 0) is 13.2 Å². The van der Waals surface area contributed by atoms with Gasteiger partial charge in [0.15, 0.2) is 11.5 Å². The van der Waals surface area contributed by atoms with Crippen molar-refractivity contribution in [3.05, 3.63) is 52.7 Å². The van der Waals surface area contributed by atoms with Crippen molar-refractivity contribution in [2.45, 2.75) is 24.6 Å². The first-order valence-electron chi connectivity index (χ1n) is 9.20. The minimum absolute atomic E-state index is 0.124. The SMILES string of the molecule is Cn1c(-c2cn([C@H]3CC3(F)F)nc2C(F)(F)F)cnc1C(=O)Nc1ccc(C(=O)O)c(Cl)c1. The maximum atomic E-state index is 13.5. The molecule has 1 aliphatic rings. The molecule has 1 fully saturated rings. The summed E-state index contributed by atoms with van der Waals surface area (Å²) in [6.45, 7) is 0. The molecule has 2 heterocycles. The molecule has 14 heteroatoms. The highest BCUT2D eigenvalue weighted by Crippen LogP contribution is 2.53. The second-order valence-corrected chi connectivity index (χ2v) is 7.74. The summed E-state index contributed by atoms with van der Waals surface area (Å²) in [5.41, 5.74) is -2.11. The number of anilines is 1. The van der Waals surface area contributed by atoms with Gasteiger partial charge in [-0.3, -0.25) is 9.48 Å². The summed E-state index contributed by atoms with van der Waals surface area (Å²) in [6, 6.07) is 2.16. The summed E-state index contributed by atoms with van der Waals surface area (Å²) in [7, 11) is 1.28. The lowest BCUT2D eigenvalue weighted by molar-refractivity contribution is -0.141.